The van der Waals surface area contributed by atoms with Gasteiger partial charge in [0.25, 0.3) is 5.91 Å². The topological polar surface area (TPSA) is 29.1 Å². The minimum absolute atomic E-state index is 0.190. The molecule has 0 unspecified atom stereocenters. The van der Waals surface area contributed by atoms with E-state index in [2.05, 4.69) is 5.32 Å². The molecule has 2 nitrogen and oxygen atoms in total. The van der Waals surface area contributed by atoms with Crippen molar-refractivity contribution in [3.8, 4) is 0 Å². The molecule has 1 N–H and O–H groups in total. The molecule has 0 saturated heterocycles. The van der Waals surface area contributed by atoms with Crippen molar-refractivity contribution < 1.29 is 22.4 Å². The molecule has 0 spiro atoms. The molecule has 106 valence electrons. The summed E-state index contributed by atoms with van der Waals surface area (Å²) in [5.74, 6) is -2.00. The normalized spacial score (nSPS) is 11.4. The van der Waals surface area contributed by atoms with Crippen molar-refractivity contribution in [1.82, 2.24) is 5.32 Å². The van der Waals surface area contributed by atoms with Gasteiger partial charge in [-0.2, -0.15) is 13.2 Å². The molecule has 0 aliphatic carbocycles. The Labute approximate surface area is 108 Å². The van der Waals surface area contributed by atoms with Gasteiger partial charge in [-0.15, -0.1) is 0 Å². The highest BCUT2D eigenvalue weighted by atomic mass is 19.4. The van der Waals surface area contributed by atoms with Gasteiger partial charge in [-0.1, -0.05) is 19.8 Å². The van der Waals surface area contributed by atoms with Crippen LogP contribution >= 0.6 is 0 Å². The van der Waals surface area contributed by atoms with E-state index in [-0.39, 0.29) is 5.56 Å². The van der Waals surface area contributed by atoms with Crippen LogP contribution < -0.4 is 5.32 Å². The van der Waals surface area contributed by atoms with Gasteiger partial charge in [0, 0.05) is 12.1 Å². The summed E-state index contributed by atoms with van der Waals surface area (Å²) in [6.07, 6.45) is -2.14. The molecule has 0 aliphatic heterocycles. The quantitative estimate of drug-likeness (QED) is 0.644. The molecule has 0 aromatic heterocycles. The SMILES string of the molecule is CCCCCNC(=O)c1ccc(F)c(C(F)(F)F)c1. The number of carbonyl (C=O) groups excluding carboxylic acids is 1. The maximum Gasteiger partial charge on any atom is 0.419 e. The first-order valence-corrected chi connectivity index (χ1v) is 6.01. The number of rotatable bonds is 5. The van der Waals surface area contributed by atoms with Gasteiger partial charge in [-0.05, 0) is 24.6 Å². The molecule has 0 fully saturated rings. The van der Waals surface area contributed by atoms with Crippen LogP contribution in [0.25, 0.3) is 0 Å². The van der Waals surface area contributed by atoms with Gasteiger partial charge in [0.15, 0.2) is 0 Å². The number of hydrogen-bond donors (Lipinski definition) is 1. The third-order valence-electron chi connectivity index (χ3n) is 2.60. The second-order valence-electron chi connectivity index (χ2n) is 4.16. The Morgan fingerprint density at radius 3 is 2.53 bits per heavy atom. The number of unbranched alkanes of at least 4 members (excludes halogenated alkanes) is 2. The van der Waals surface area contributed by atoms with Gasteiger partial charge >= 0.3 is 6.18 Å². The molecule has 0 radical (unpaired) electrons. The van der Waals surface area contributed by atoms with Gasteiger partial charge in [0.1, 0.15) is 5.82 Å². The summed E-state index contributed by atoms with van der Waals surface area (Å²) >= 11 is 0. The lowest BCUT2D eigenvalue weighted by atomic mass is 10.1. The van der Waals surface area contributed by atoms with Crippen molar-refractivity contribution >= 4 is 5.91 Å². The summed E-state index contributed by atoms with van der Waals surface area (Å²) in [6.45, 7) is 2.39. The zero-order valence-electron chi connectivity index (χ0n) is 10.5. The average Bonchev–Trinajstić information content (AvgIpc) is 2.33. The van der Waals surface area contributed by atoms with Crippen LogP contribution in [0, 0.1) is 5.82 Å². The fourth-order valence-corrected chi connectivity index (χ4v) is 1.56. The molecule has 0 bridgehead atoms. The van der Waals surface area contributed by atoms with E-state index in [1.165, 1.54) is 0 Å². The third-order valence-corrected chi connectivity index (χ3v) is 2.60. The number of halogens is 4. The molecule has 0 aliphatic rings. The third kappa shape index (κ3) is 4.54. The summed E-state index contributed by atoms with van der Waals surface area (Å²) < 4.78 is 50.4. The molecule has 1 amide bonds. The molecule has 19 heavy (non-hydrogen) atoms. The Balaban J connectivity index is 2.76. The fraction of sp³-hybridized carbons (Fsp3) is 0.462. The highest BCUT2D eigenvalue weighted by Gasteiger charge is 2.34. The van der Waals surface area contributed by atoms with Crippen LogP contribution in [0.15, 0.2) is 18.2 Å². The molecule has 6 heteroatoms. The van der Waals surface area contributed by atoms with Crippen LogP contribution in [0.4, 0.5) is 17.6 Å². The largest absolute Gasteiger partial charge is 0.419 e. The van der Waals surface area contributed by atoms with E-state index in [9.17, 15) is 22.4 Å². The highest BCUT2D eigenvalue weighted by Crippen LogP contribution is 2.31. The Bertz CT molecular complexity index is 443. The van der Waals surface area contributed by atoms with E-state index < -0.39 is 23.5 Å². The van der Waals surface area contributed by atoms with E-state index in [1.807, 2.05) is 6.92 Å². The molecule has 1 rings (SSSR count). The molecule has 1 aromatic carbocycles. The van der Waals surface area contributed by atoms with E-state index in [0.29, 0.717) is 18.7 Å². The monoisotopic (exact) mass is 277 g/mol. The van der Waals surface area contributed by atoms with Gasteiger partial charge in [0.05, 0.1) is 5.56 Å². The van der Waals surface area contributed by atoms with E-state index in [0.717, 1.165) is 25.3 Å². The van der Waals surface area contributed by atoms with Crippen molar-refractivity contribution in [3.63, 3.8) is 0 Å². The second kappa shape index (κ2) is 6.54. The van der Waals surface area contributed by atoms with Crippen LogP contribution in [0.2, 0.25) is 0 Å². The minimum Gasteiger partial charge on any atom is -0.352 e. The van der Waals surface area contributed by atoms with Crippen molar-refractivity contribution in [1.29, 1.82) is 0 Å². The van der Waals surface area contributed by atoms with Crippen LogP contribution in [-0.2, 0) is 6.18 Å². The molecule has 0 heterocycles. The molecule has 0 atom stereocenters. The summed E-state index contributed by atoms with van der Waals surface area (Å²) in [4.78, 5) is 11.6. The van der Waals surface area contributed by atoms with Crippen LogP contribution in [0.3, 0.4) is 0 Å². The number of nitrogens with one attached hydrogen (secondary N) is 1. The summed E-state index contributed by atoms with van der Waals surface area (Å²) in [6, 6.07) is 2.23. The average molecular weight is 277 g/mol. The maximum absolute atomic E-state index is 13.0. The smallest absolute Gasteiger partial charge is 0.352 e. The Morgan fingerprint density at radius 1 is 1.26 bits per heavy atom. The zero-order valence-corrected chi connectivity index (χ0v) is 10.5. The molecular formula is C13H15F4NO. The molecule has 1 aromatic rings. The maximum atomic E-state index is 13.0. The standard InChI is InChI=1S/C13H15F4NO/c1-2-3-4-7-18-12(19)9-5-6-11(14)10(8-9)13(15,16)17/h5-6,8H,2-4,7H2,1H3,(H,18,19). The Kier molecular flexibility index (Phi) is 5.32. The lowest BCUT2D eigenvalue weighted by Crippen LogP contribution is -2.25. The summed E-state index contributed by atoms with van der Waals surface area (Å²) in [5.41, 5.74) is -1.61. The summed E-state index contributed by atoms with van der Waals surface area (Å²) in [5, 5.41) is 2.50. The predicted octanol–water partition coefficient (Wildman–Crippen LogP) is 3.76. The van der Waals surface area contributed by atoms with Gasteiger partial charge in [-0.25, -0.2) is 4.39 Å². The summed E-state index contributed by atoms with van der Waals surface area (Å²) in [7, 11) is 0. The predicted molar refractivity (Wildman–Crippen MR) is 63.3 cm³/mol. The lowest BCUT2D eigenvalue weighted by molar-refractivity contribution is -0.140. The first-order chi connectivity index (χ1) is 8.86. The first kappa shape index (κ1) is 15.5. The van der Waals surface area contributed by atoms with Crippen molar-refractivity contribution in [2.24, 2.45) is 0 Å². The Morgan fingerprint density at radius 2 is 1.95 bits per heavy atom. The van der Waals surface area contributed by atoms with E-state index in [4.69, 9.17) is 0 Å². The second-order valence-corrected chi connectivity index (χ2v) is 4.16. The van der Waals surface area contributed by atoms with Crippen LogP contribution in [0.1, 0.15) is 42.1 Å². The fourth-order valence-electron chi connectivity index (χ4n) is 1.56. The van der Waals surface area contributed by atoms with Crippen molar-refractivity contribution in [3.05, 3.63) is 35.1 Å². The first-order valence-electron chi connectivity index (χ1n) is 6.01. The number of amides is 1. The zero-order chi connectivity index (χ0) is 14.5. The Hall–Kier alpha value is -1.59. The molecule has 0 saturated carbocycles. The van der Waals surface area contributed by atoms with Crippen LogP contribution in [0.5, 0.6) is 0 Å². The molecular weight excluding hydrogens is 262 g/mol. The van der Waals surface area contributed by atoms with E-state index in [1.54, 1.807) is 0 Å². The number of benzene rings is 1. The van der Waals surface area contributed by atoms with E-state index >= 15 is 0 Å². The lowest BCUT2D eigenvalue weighted by Gasteiger charge is -2.10. The number of carbonyl (C=O) groups is 1. The van der Waals surface area contributed by atoms with Gasteiger partial charge < -0.3 is 5.32 Å². The number of alkyl halides is 3. The van der Waals surface area contributed by atoms with Crippen molar-refractivity contribution in [2.45, 2.75) is 32.4 Å². The highest BCUT2D eigenvalue weighted by molar-refractivity contribution is 5.94. The minimum atomic E-state index is -4.80. The van der Waals surface area contributed by atoms with Gasteiger partial charge in [-0.3, -0.25) is 4.79 Å². The number of hydrogen-bond acceptors (Lipinski definition) is 1. The van der Waals surface area contributed by atoms with Crippen LogP contribution in [-0.4, -0.2) is 12.5 Å². The van der Waals surface area contributed by atoms with Crippen molar-refractivity contribution in [2.75, 3.05) is 6.54 Å². The van der Waals surface area contributed by atoms with Gasteiger partial charge in [0.2, 0.25) is 0 Å².